The molecule has 0 aliphatic heterocycles. The predicted molar refractivity (Wildman–Crippen MR) is 54.1 cm³/mol. The Morgan fingerprint density at radius 2 is 1.62 bits per heavy atom. The first-order valence-corrected chi connectivity index (χ1v) is 6.49. The van der Waals surface area contributed by atoms with E-state index in [0.717, 1.165) is 0 Å². The molecule has 0 saturated carbocycles. The van der Waals surface area contributed by atoms with Gasteiger partial charge in [0.05, 0.1) is 6.16 Å². The summed E-state index contributed by atoms with van der Waals surface area (Å²) in [5.41, 5.74) is 0. The van der Waals surface area contributed by atoms with Gasteiger partial charge in [-0.25, -0.2) is 0 Å². The Morgan fingerprint density at radius 3 is 1.88 bits per heavy atom. The zero-order chi connectivity index (χ0) is 12.9. The van der Waals surface area contributed by atoms with Gasteiger partial charge in [-0.15, -0.1) is 0 Å². The fourth-order valence-electron chi connectivity index (χ4n) is 1.55. The average molecular weight is 254 g/mol. The van der Waals surface area contributed by atoms with E-state index in [0.29, 0.717) is 6.42 Å². The molecule has 8 heteroatoms. The molecule has 0 saturated heterocycles. The van der Waals surface area contributed by atoms with E-state index in [4.69, 9.17) is 20.0 Å². The molecule has 0 amide bonds. The number of hydrogen-bond donors (Lipinski definition) is 4. The molecule has 0 fully saturated rings. The number of carbonyl (C=O) groups is 2. The highest BCUT2D eigenvalue weighted by molar-refractivity contribution is 7.51. The van der Waals surface area contributed by atoms with E-state index in [1.165, 1.54) is 0 Å². The molecule has 7 nitrogen and oxygen atoms in total. The van der Waals surface area contributed by atoms with E-state index < -0.39 is 37.5 Å². The second-order valence-electron chi connectivity index (χ2n) is 3.55. The summed E-state index contributed by atoms with van der Waals surface area (Å²) in [5.74, 6) is -5.97. The second-order valence-corrected chi connectivity index (χ2v) is 5.24. The van der Waals surface area contributed by atoms with Crippen LogP contribution in [0.2, 0.25) is 0 Å². The van der Waals surface area contributed by atoms with Crippen LogP contribution in [0.25, 0.3) is 0 Å². The zero-order valence-electron chi connectivity index (χ0n) is 8.74. The normalized spacial score (nSPS) is 13.8. The average Bonchev–Trinajstić information content (AvgIpc) is 1.99. The van der Waals surface area contributed by atoms with Crippen molar-refractivity contribution < 1.29 is 34.2 Å². The third-order valence-corrected chi connectivity index (χ3v) is 3.08. The molecule has 1 atom stereocenters. The Bertz CT molecular complexity index is 294. The van der Waals surface area contributed by atoms with Crippen molar-refractivity contribution in [2.75, 3.05) is 6.16 Å². The molecule has 0 radical (unpaired) electrons. The quantitative estimate of drug-likeness (QED) is 0.381. The molecule has 4 N–H and O–H groups in total. The lowest BCUT2D eigenvalue weighted by atomic mass is 9.90. The fraction of sp³-hybridized carbons (Fsp3) is 0.750. The Hall–Kier alpha value is -0.910. The molecule has 0 aromatic rings. The summed E-state index contributed by atoms with van der Waals surface area (Å²) in [7, 11) is -4.41. The lowest BCUT2D eigenvalue weighted by Gasteiger charge is -2.20. The number of hydrogen-bond acceptors (Lipinski definition) is 3. The van der Waals surface area contributed by atoms with Gasteiger partial charge in [0.25, 0.3) is 0 Å². The molecule has 1 unspecified atom stereocenters. The topological polar surface area (TPSA) is 132 Å². The Kier molecular flexibility index (Phi) is 5.64. The van der Waals surface area contributed by atoms with Crippen LogP contribution >= 0.6 is 7.60 Å². The van der Waals surface area contributed by atoms with Gasteiger partial charge in [-0.1, -0.05) is 13.3 Å². The predicted octanol–water partition coefficient (Wildman–Crippen LogP) is 0.366. The summed E-state index contributed by atoms with van der Waals surface area (Å²) in [4.78, 5) is 38.9. The van der Waals surface area contributed by atoms with E-state index in [1.54, 1.807) is 6.92 Å². The van der Waals surface area contributed by atoms with Crippen molar-refractivity contribution >= 4 is 19.5 Å². The summed E-state index contributed by atoms with van der Waals surface area (Å²) in [6, 6.07) is 0. The molecule has 0 aromatic heterocycles. The Balaban J connectivity index is 4.92. The van der Waals surface area contributed by atoms with Gasteiger partial charge in [0, 0.05) is 0 Å². The minimum atomic E-state index is -4.41. The highest BCUT2D eigenvalue weighted by Gasteiger charge is 2.37. The van der Waals surface area contributed by atoms with Crippen molar-refractivity contribution in [2.24, 2.45) is 11.8 Å². The SMILES string of the molecule is CCCC(CP(=O)(O)O)C(C(=O)O)C(=O)O. The van der Waals surface area contributed by atoms with Gasteiger partial charge in [0.1, 0.15) is 0 Å². The summed E-state index contributed by atoms with van der Waals surface area (Å²) in [5, 5.41) is 17.4. The maximum atomic E-state index is 10.8. The molecule has 0 aliphatic carbocycles. The Labute approximate surface area is 92.3 Å². The van der Waals surface area contributed by atoms with Gasteiger partial charge >= 0.3 is 19.5 Å². The minimum Gasteiger partial charge on any atom is -0.481 e. The van der Waals surface area contributed by atoms with Crippen LogP contribution in [0.4, 0.5) is 0 Å². The second kappa shape index (κ2) is 5.98. The summed E-state index contributed by atoms with van der Waals surface area (Å²) in [6.45, 7) is 1.69. The first-order chi connectivity index (χ1) is 7.19. The molecular weight excluding hydrogens is 239 g/mol. The first kappa shape index (κ1) is 15.1. The molecular formula is C8H15O7P. The number of rotatable bonds is 7. The summed E-state index contributed by atoms with van der Waals surface area (Å²) < 4.78 is 10.8. The third-order valence-electron chi connectivity index (χ3n) is 2.14. The Morgan fingerprint density at radius 1 is 1.19 bits per heavy atom. The van der Waals surface area contributed by atoms with Crippen molar-refractivity contribution in [3.8, 4) is 0 Å². The fourth-order valence-corrected chi connectivity index (χ4v) is 2.55. The van der Waals surface area contributed by atoms with Crippen molar-refractivity contribution in [3.63, 3.8) is 0 Å². The van der Waals surface area contributed by atoms with Crippen LogP contribution in [0.15, 0.2) is 0 Å². The summed E-state index contributed by atoms with van der Waals surface area (Å²) in [6.07, 6.45) is -0.111. The van der Waals surface area contributed by atoms with Crippen molar-refractivity contribution in [2.45, 2.75) is 19.8 Å². The number of carboxylic acids is 2. The molecule has 0 aromatic carbocycles. The third kappa shape index (κ3) is 5.25. The first-order valence-electron chi connectivity index (χ1n) is 4.69. The van der Waals surface area contributed by atoms with Crippen molar-refractivity contribution in [3.05, 3.63) is 0 Å². The number of carboxylic acid groups (broad SMARTS) is 2. The number of aliphatic carboxylic acids is 2. The van der Waals surface area contributed by atoms with E-state index in [2.05, 4.69) is 0 Å². The van der Waals surface area contributed by atoms with Crippen LogP contribution in [0.5, 0.6) is 0 Å². The van der Waals surface area contributed by atoms with Gasteiger partial charge in [-0.3, -0.25) is 14.2 Å². The maximum Gasteiger partial charge on any atom is 0.325 e. The van der Waals surface area contributed by atoms with Gasteiger partial charge < -0.3 is 20.0 Å². The highest BCUT2D eigenvalue weighted by Crippen LogP contribution is 2.40. The van der Waals surface area contributed by atoms with E-state index in [9.17, 15) is 14.2 Å². The van der Waals surface area contributed by atoms with E-state index in [1.807, 2.05) is 0 Å². The molecule has 0 rings (SSSR count). The smallest absolute Gasteiger partial charge is 0.325 e. The van der Waals surface area contributed by atoms with Gasteiger partial charge in [0.2, 0.25) is 0 Å². The van der Waals surface area contributed by atoms with Crippen LogP contribution in [0, 0.1) is 11.8 Å². The van der Waals surface area contributed by atoms with Gasteiger partial charge in [0.15, 0.2) is 5.92 Å². The monoisotopic (exact) mass is 254 g/mol. The lowest BCUT2D eigenvalue weighted by Crippen LogP contribution is -2.33. The van der Waals surface area contributed by atoms with Crippen LogP contribution in [0.3, 0.4) is 0 Å². The highest BCUT2D eigenvalue weighted by atomic mass is 31.2. The molecule has 0 aliphatic rings. The van der Waals surface area contributed by atoms with Crippen molar-refractivity contribution in [1.82, 2.24) is 0 Å². The van der Waals surface area contributed by atoms with Gasteiger partial charge in [-0.2, -0.15) is 0 Å². The van der Waals surface area contributed by atoms with E-state index >= 15 is 0 Å². The summed E-state index contributed by atoms with van der Waals surface area (Å²) >= 11 is 0. The molecule has 0 bridgehead atoms. The maximum absolute atomic E-state index is 10.8. The molecule has 0 spiro atoms. The van der Waals surface area contributed by atoms with Crippen molar-refractivity contribution in [1.29, 1.82) is 0 Å². The lowest BCUT2D eigenvalue weighted by molar-refractivity contribution is -0.156. The minimum absolute atomic E-state index is 0.147. The van der Waals surface area contributed by atoms with Gasteiger partial charge in [-0.05, 0) is 12.3 Å². The zero-order valence-corrected chi connectivity index (χ0v) is 9.63. The largest absolute Gasteiger partial charge is 0.481 e. The van der Waals surface area contributed by atoms with Crippen LogP contribution in [0.1, 0.15) is 19.8 Å². The molecule has 94 valence electrons. The standard InChI is InChI=1S/C8H15O7P/c1-2-3-5(4-16(13,14)15)6(7(9)10)8(11)12/h5-6H,2-4H2,1H3,(H,9,10)(H,11,12)(H2,13,14,15). The van der Waals surface area contributed by atoms with E-state index in [-0.39, 0.29) is 6.42 Å². The van der Waals surface area contributed by atoms with Crippen LogP contribution in [-0.2, 0) is 14.2 Å². The van der Waals surface area contributed by atoms with Crippen LogP contribution in [-0.4, -0.2) is 38.1 Å². The molecule has 16 heavy (non-hydrogen) atoms. The molecule has 0 heterocycles. The van der Waals surface area contributed by atoms with Crippen LogP contribution < -0.4 is 0 Å².